The summed E-state index contributed by atoms with van der Waals surface area (Å²) in [6.45, 7) is 8.71. The molecule has 2 heteroatoms. The van der Waals surface area contributed by atoms with Gasteiger partial charge in [0.1, 0.15) is 0 Å². The normalized spacial score (nSPS) is 33.6. The van der Waals surface area contributed by atoms with E-state index in [1.807, 2.05) is 0 Å². The number of hydrogen-bond acceptors (Lipinski definition) is 1. The molecule has 0 amide bonds. The Bertz CT molecular complexity index is 404. The van der Waals surface area contributed by atoms with Crippen molar-refractivity contribution in [1.82, 2.24) is 0 Å². The highest BCUT2D eigenvalue weighted by Gasteiger charge is 2.40. The average molecular weight is 267 g/mol. The average Bonchev–Trinajstić information content (AvgIpc) is 2.56. The van der Waals surface area contributed by atoms with Crippen LogP contribution in [0.3, 0.4) is 0 Å². The Labute approximate surface area is 115 Å². The lowest BCUT2D eigenvalue weighted by Gasteiger charge is -2.24. The lowest BCUT2D eigenvalue weighted by Crippen LogP contribution is -2.28. The number of ether oxygens (including phenoxy) is 1. The highest BCUT2D eigenvalue weighted by Crippen LogP contribution is 2.37. The van der Waals surface area contributed by atoms with Crippen molar-refractivity contribution < 1.29 is 4.74 Å². The van der Waals surface area contributed by atoms with Gasteiger partial charge in [-0.25, -0.2) is 0 Å². The quantitative estimate of drug-likeness (QED) is 0.745. The maximum atomic E-state index is 6.67. The number of halogens is 1. The Kier molecular flexibility index (Phi) is 4.34. The van der Waals surface area contributed by atoms with Gasteiger partial charge in [-0.05, 0) is 44.2 Å². The van der Waals surface area contributed by atoms with Crippen LogP contribution in [0.15, 0.2) is 24.3 Å². The number of alkyl halides is 1. The second-order valence-electron chi connectivity index (χ2n) is 5.63. The summed E-state index contributed by atoms with van der Waals surface area (Å²) >= 11 is 6.67. The van der Waals surface area contributed by atoms with E-state index in [1.54, 1.807) is 0 Å². The zero-order valence-electron chi connectivity index (χ0n) is 11.7. The minimum absolute atomic E-state index is 0.154. The van der Waals surface area contributed by atoms with Gasteiger partial charge in [0.15, 0.2) is 0 Å². The molecule has 1 aliphatic rings. The SMILES string of the molecule is Cc1ccccc1CC(Cl)C1C(C)OC(C)C1C. The first-order valence-corrected chi connectivity index (χ1v) is 7.28. The van der Waals surface area contributed by atoms with E-state index in [-0.39, 0.29) is 11.5 Å². The molecule has 1 saturated heterocycles. The van der Waals surface area contributed by atoms with E-state index in [9.17, 15) is 0 Å². The molecule has 1 fully saturated rings. The van der Waals surface area contributed by atoms with E-state index in [0.717, 1.165) is 6.42 Å². The lowest BCUT2D eigenvalue weighted by molar-refractivity contribution is 0.0508. The summed E-state index contributed by atoms with van der Waals surface area (Å²) in [7, 11) is 0. The molecular weight excluding hydrogens is 244 g/mol. The summed E-state index contributed by atoms with van der Waals surface area (Å²) in [4.78, 5) is 0. The Morgan fingerprint density at radius 3 is 2.39 bits per heavy atom. The molecule has 1 nitrogen and oxygen atoms in total. The third-order valence-electron chi connectivity index (χ3n) is 4.41. The molecule has 0 saturated carbocycles. The first kappa shape index (κ1) is 13.9. The summed E-state index contributed by atoms with van der Waals surface area (Å²) in [6.07, 6.45) is 1.52. The summed E-state index contributed by atoms with van der Waals surface area (Å²) < 4.78 is 5.89. The lowest BCUT2D eigenvalue weighted by atomic mass is 9.84. The minimum atomic E-state index is 0.154. The minimum Gasteiger partial charge on any atom is -0.375 e. The molecule has 0 aromatic heterocycles. The van der Waals surface area contributed by atoms with Crippen LogP contribution in [0.2, 0.25) is 0 Å². The van der Waals surface area contributed by atoms with E-state index in [1.165, 1.54) is 11.1 Å². The first-order valence-electron chi connectivity index (χ1n) is 6.84. The van der Waals surface area contributed by atoms with Crippen molar-refractivity contribution in [3.8, 4) is 0 Å². The maximum Gasteiger partial charge on any atom is 0.0596 e. The molecule has 0 spiro atoms. The molecule has 100 valence electrons. The Hall–Kier alpha value is -0.530. The van der Waals surface area contributed by atoms with Crippen molar-refractivity contribution in [3.63, 3.8) is 0 Å². The van der Waals surface area contributed by atoms with Gasteiger partial charge >= 0.3 is 0 Å². The van der Waals surface area contributed by atoms with Crippen LogP contribution in [0.25, 0.3) is 0 Å². The van der Waals surface area contributed by atoms with Crippen molar-refractivity contribution in [2.24, 2.45) is 11.8 Å². The van der Waals surface area contributed by atoms with Crippen LogP contribution < -0.4 is 0 Å². The van der Waals surface area contributed by atoms with Crippen molar-refractivity contribution in [1.29, 1.82) is 0 Å². The molecular formula is C16H23ClO. The van der Waals surface area contributed by atoms with E-state index in [4.69, 9.17) is 16.3 Å². The van der Waals surface area contributed by atoms with Gasteiger partial charge in [-0.1, -0.05) is 31.2 Å². The van der Waals surface area contributed by atoms with Crippen LogP contribution in [-0.4, -0.2) is 17.6 Å². The Morgan fingerprint density at radius 2 is 1.83 bits per heavy atom. The van der Waals surface area contributed by atoms with E-state index < -0.39 is 0 Å². The van der Waals surface area contributed by atoms with Gasteiger partial charge in [0.05, 0.1) is 12.2 Å². The fourth-order valence-electron chi connectivity index (χ4n) is 3.10. The molecule has 18 heavy (non-hydrogen) atoms. The summed E-state index contributed by atoms with van der Waals surface area (Å²) in [5.41, 5.74) is 2.69. The zero-order chi connectivity index (χ0) is 13.3. The van der Waals surface area contributed by atoms with Gasteiger partial charge in [0.2, 0.25) is 0 Å². The number of aryl methyl sites for hydroxylation is 1. The van der Waals surface area contributed by atoms with Crippen LogP contribution >= 0.6 is 11.6 Å². The molecule has 1 aliphatic heterocycles. The van der Waals surface area contributed by atoms with Crippen LogP contribution in [0.4, 0.5) is 0 Å². The maximum absolute atomic E-state index is 6.67. The van der Waals surface area contributed by atoms with Gasteiger partial charge in [0, 0.05) is 11.3 Å². The predicted octanol–water partition coefficient (Wildman–Crippen LogP) is 4.20. The largest absolute Gasteiger partial charge is 0.375 e. The number of rotatable bonds is 3. The second-order valence-corrected chi connectivity index (χ2v) is 6.19. The molecule has 2 rings (SSSR count). The van der Waals surface area contributed by atoms with Crippen molar-refractivity contribution >= 4 is 11.6 Å². The van der Waals surface area contributed by atoms with Gasteiger partial charge in [-0.2, -0.15) is 0 Å². The van der Waals surface area contributed by atoms with E-state index >= 15 is 0 Å². The van der Waals surface area contributed by atoms with Gasteiger partial charge < -0.3 is 4.74 Å². The van der Waals surface area contributed by atoms with Crippen molar-refractivity contribution in [2.75, 3.05) is 0 Å². The molecule has 0 radical (unpaired) electrons. The Morgan fingerprint density at radius 1 is 1.17 bits per heavy atom. The summed E-state index contributed by atoms with van der Waals surface area (Å²) in [5.74, 6) is 0.979. The van der Waals surface area contributed by atoms with Gasteiger partial charge in [-0.15, -0.1) is 11.6 Å². The van der Waals surface area contributed by atoms with Crippen molar-refractivity contribution in [3.05, 3.63) is 35.4 Å². The third-order valence-corrected chi connectivity index (χ3v) is 4.86. The predicted molar refractivity (Wildman–Crippen MR) is 77.2 cm³/mol. The fourth-order valence-corrected chi connectivity index (χ4v) is 3.70. The highest BCUT2D eigenvalue weighted by molar-refractivity contribution is 6.21. The fraction of sp³-hybridized carbons (Fsp3) is 0.625. The molecule has 1 heterocycles. The summed E-state index contributed by atoms with van der Waals surface area (Å²) in [5, 5.41) is 0.154. The van der Waals surface area contributed by atoms with E-state index in [2.05, 4.69) is 52.0 Å². The monoisotopic (exact) mass is 266 g/mol. The first-order chi connectivity index (χ1) is 8.50. The van der Waals surface area contributed by atoms with Gasteiger partial charge in [0.25, 0.3) is 0 Å². The van der Waals surface area contributed by atoms with Crippen LogP contribution in [0.5, 0.6) is 0 Å². The molecule has 5 atom stereocenters. The number of hydrogen-bond donors (Lipinski definition) is 0. The topological polar surface area (TPSA) is 9.23 Å². The second kappa shape index (κ2) is 5.63. The van der Waals surface area contributed by atoms with Crippen molar-refractivity contribution in [2.45, 2.75) is 51.7 Å². The molecule has 1 aromatic carbocycles. The highest BCUT2D eigenvalue weighted by atomic mass is 35.5. The zero-order valence-corrected chi connectivity index (χ0v) is 12.4. The van der Waals surface area contributed by atoms with Crippen LogP contribution in [-0.2, 0) is 11.2 Å². The van der Waals surface area contributed by atoms with Crippen LogP contribution in [0, 0.1) is 18.8 Å². The number of benzene rings is 1. The summed E-state index contributed by atoms with van der Waals surface area (Å²) in [6, 6.07) is 8.50. The standard InChI is InChI=1S/C16H23ClO/c1-10-7-5-6-8-14(10)9-15(17)16-11(2)12(3)18-13(16)4/h5-8,11-13,15-16H,9H2,1-4H3. The molecule has 1 aromatic rings. The van der Waals surface area contributed by atoms with E-state index in [0.29, 0.717) is 17.9 Å². The molecule has 0 bridgehead atoms. The smallest absolute Gasteiger partial charge is 0.0596 e. The van der Waals surface area contributed by atoms with Crippen LogP contribution in [0.1, 0.15) is 31.9 Å². The van der Waals surface area contributed by atoms with Gasteiger partial charge in [-0.3, -0.25) is 0 Å². The molecule has 5 unspecified atom stereocenters. The Balaban J connectivity index is 2.08. The molecule has 0 aliphatic carbocycles. The molecule has 0 N–H and O–H groups in total. The third kappa shape index (κ3) is 2.73.